The highest BCUT2D eigenvalue weighted by molar-refractivity contribution is 7.99. The van der Waals surface area contributed by atoms with Gasteiger partial charge >= 0.3 is 0 Å². The smallest absolute Gasteiger partial charge is 0.253 e. The lowest BCUT2D eigenvalue weighted by Gasteiger charge is -2.18. The standard InChI is InChI=1S/C22H29ClN4OS/c1-4-27(5-2)21(28)18-8-6-17(7-9-18)16-26-22(24-3)25-14-15-29-20-12-10-19(23)11-13-20/h6-13H,4-5,14-16H2,1-3H3,(H2,24,25,26). The quantitative estimate of drug-likeness (QED) is 0.269. The van der Waals surface area contributed by atoms with Crippen molar-refractivity contribution in [3.8, 4) is 0 Å². The van der Waals surface area contributed by atoms with Crippen molar-refractivity contribution in [3.63, 3.8) is 0 Å². The van der Waals surface area contributed by atoms with Gasteiger partial charge in [-0.1, -0.05) is 23.7 Å². The number of thioether (sulfide) groups is 1. The molecule has 0 saturated heterocycles. The van der Waals surface area contributed by atoms with Crippen LogP contribution in [-0.2, 0) is 6.54 Å². The first-order chi connectivity index (χ1) is 14.1. The summed E-state index contributed by atoms with van der Waals surface area (Å²) in [6.07, 6.45) is 0. The van der Waals surface area contributed by atoms with Gasteiger partial charge in [-0.2, -0.15) is 0 Å². The Bertz CT molecular complexity index is 789. The number of hydrogen-bond acceptors (Lipinski definition) is 3. The van der Waals surface area contributed by atoms with Gasteiger partial charge in [0.25, 0.3) is 5.91 Å². The van der Waals surface area contributed by atoms with Gasteiger partial charge in [-0.15, -0.1) is 11.8 Å². The van der Waals surface area contributed by atoms with Crippen LogP contribution < -0.4 is 10.6 Å². The number of hydrogen-bond donors (Lipinski definition) is 2. The van der Waals surface area contributed by atoms with Crippen LogP contribution in [-0.4, -0.2) is 49.2 Å². The predicted octanol–water partition coefficient (Wildman–Crippen LogP) is 4.28. The third-order valence-corrected chi connectivity index (χ3v) is 5.68. The highest BCUT2D eigenvalue weighted by Crippen LogP contribution is 2.19. The van der Waals surface area contributed by atoms with Crippen molar-refractivity contribution in [2.24, 2.45) is 4.99 Å². The zero-order valence-electron chi connectivity index (χ0n) is 17.2. The number of carbonyl (C=O) groups is 1. The molecule has 2 aromatic rings. The van der Waals surface area contributed by atoms with Crippen LogP contribution in [0.3, 0.4) is 0 Å². The molecule has 7 heteroatoms. The lowest BCUT2D eigenvalue weighted by molar-refractivity contribution is 0.0773. The Hall–Kier alpha value is -2.18. The molecule has 0 aliphatic carbocycles. The molecule has 0 unspecified atom stereocenters. The van der Waals surface area contributed by atoms with Crippen molar-refractivity contribution < 1.29 is 4.79 Å². The summed E-state index contributed by atoms with van der Waals surface area (Å²) in [5.41, 5.74) is 1.82. The van der Waals surface area contributed by atoms with Crippen molar-refractivity contribution in [2.45, 2.75) is 25.3 Å². The number of amides is 1. The van der Waals surface area contributed by atoms with Crippen LogP contribution in [0, 0.1) is 0 Å². The first-order valence-corrected chi connectivity index (χ1v) is 11.1. The Morgan fingerprint density at radius 3 is 2.28 bits per heavy atom. The second kappa shape index (κ2) is 12.4. The lowest BCUT2D eigenvalue weighted by atomic mass is 10.1. The summed E-state index contributed by atoms with van der Waals surface area (Å²) in [7, 11) is 1.76. The molecule has 29 heavy (non-hydrogen) atoms. The second-order valence-electron chi connectivity index (χ2n) is 6.33. The zero-order valence-corrected chi connectivity index (χ0v) is 18.8. The summed E-state index contributed by atoms with van der Waals surface area (Å²) in [5, 5.41) is 7.37. The molecule has 5 nitrogen and oxygen atoms in total. The van der Waals surface area contributed by atoms with Crippen molar-refractivity contribution in [3.05, 3.63) is 64.7 Å². The number of benzene rings is 2. The second-order valence-corrected chi connectivity index (χ2v) is 7.93. The summed E-state index contributed by atoms with van der Waals surface area (Å²) < 4.78 is 0. The van der Waals surface area contributed by atoms with Gasteiger partial charge in [0, 0.05) is 54.5 Å². The zero-order chi connectivity index (χ0) is 21.1. The monoisotopic (exact) mass is 432 g/mol. The van der Waals surface area contributed by atoms with Crippen LogP contribution >= 0.6 is 23.4 Å². The van der Waals surface area contributed by atoms with Gasteiger partial charge in [-0.25, -0.2) is 0 Å². The molecular weight excluding hydrogens is 404 g/mol. The van der Waals surface area contributed by atoms with E-state index in [2.05, 4.69) is 15.6 Å². The molecule has 0 aliphatic heterocycles. The molecule has 0 fully saturated rings. The Balaban J connectivity index is 1.75. The number of aliphatic imine (C=N–C) groups is 1. The maximum absolute atomic E-state index is 12.4. The molecule has 0 atom stereocenters. The van der Waals surface area contributed by atoms with Gasteiger partial charge in [-0.05, 0) is 55.8 Å². The molecule has 0 aliphatic rings. The van der Waals surface area contributed by atoms with Crippen molar-refractivity contribution in [2.75, 3.05) is 32.4 Å². The average Bonchev–Trinajstić information content (AvgIpc) is 2.75. The molecule has 156 valence electrons. The number of nitrogens with one attached hydrogen (secondary N) is 2. The van der Waals surface area contributed by atoms with Crippen LogP contribution in [0.5, 0.6) is 0 Å². The Morgan fingerprint density at radius 2 is 1.69 bits per heavy atom. The van der Waals surface area contributed by atoms with Crippen LogP contribution in [0.1, 0.15) is 29.8 Å². The molecule has 0 bridgehead atoms. The lowest BCUT2D eigenvalue weighted by Crippen LogP contribution is -2.37. The number of guanidine groups is 1. The summed E-state index contributed by atoms with van der Waals surface area (Å²) >= 11 is 7.67. The first kappa shape index (κ1) is 23.1. The summed E-state index contributed by atoms with van der Waals surface area (Å²) in [5.74, 6) is 1.75. The molecule has 0 saturated carbocycles. The predicted molar refractivity (Wildman–Crippen MR) is 124 cm³/mol. The molecule has 2 N–H and O–H groups in total. The highest BCUT2D eigenvalue weighted by atomic mass is 35.5. The van der Waals surface area contributed by atoms with E-state index in [-0.39, 0.29) is 5.91 Å². The average molecular weight is 433 g/mol. The van der Waals surface area contributed by atoms with E-state index in [4.69, 9.17) is 11.6 Å². The van der Waals surface area contributed by atoms with Crippen molar-refractivity contribution >= 4 is 35.2 Å². The molecule has 1 amide bonds. The fourth-order valence-corrected chi connectivity index (χ4v) is 3.63. The molecule has 2 rings (SSSR count). The summed E-state index contributed by atoms with van der Waals surface area (Å²) in [6, 6.07) is 15.6. The number of halogens is 1. The molecule has 0 aromatic heterocycles. The molecule has 0 heterocycles. The fraction of sp³-hybridized carbons (Fsp3) is 0.364. The van der Waals surface area contributed by atoms with E-state index in [9.17, 15) is 4.79 Å². The molecular formula is C22H29ClN4OS. The Kier molecular flexibility index (Phi) is 9.88. The van der Waals surface area contributed by atoms with Gasteiger partial charge in [-0.3, -0.25) is 9.79 Å². The van der Waals surface area contributed by atoms with E-state index in [0.29, 0.717) is 6.54 Å². The normalized spacial score (nSPS) is 11.2. The molecule has 0 spiro atoms. The topological polar surface area (TPSA) is 56.7 Å². The minimum atomic E-state index is 0.0742. The van der Waals surface area contributed by atoms with E-state index < -0.39 is 0 Å². The Morgan fingerprint density at radius 1 is 1.03 bits per heavy atom. The molecule has 0 radical (unpaired) electrons. The molecule has 2 aromatic carbocycles. The maximum atomic E-state index is 12.4. The van der Waals surface area contributed by atoms with E-state index >= 15 is 0 Å². The summed E-state index contributed by atoms with van der Waals surface area (Å²) in [6.45, 7) is 6.86. The third kappa shape index (κ3) is 7.63. The van der Waals surface area contributed by atoms with E-state index in [1.807, 2.05) is 67.3 Å². The largest absolute Gasteiger partial charge is 0.356 e. The van der Waals surface area contributed by atoms with Gasteiger partial charge in [0.2, 0.25) is 0 Å². The van der Waals surface area contributed by atoms with Gasteiger partial charge < -0.3 is 15.5 Å². The van der Waals surface area contributed by atoms with Crippen LogP contribution in [0.25, 0.3) is 0 Å². The van der Waals surface area contributed by atoms with Gasteiger partial charge in [0.15, 0.2) is 5.96 Å². The minimum absolute atomic E-state index is 0.0742. The highest BCUT2D eigenvalue weighted by Gasteiger charge is 2.11. The SMILES string of the molecule is CCN(CC)C(=O)c1ccc(CNC(=NC)NCCSc2ccc(Cl)cc2)cc1. The fourth-order valence-electron chi connectivity index (χ4n) is 2.73. The van der Waals surface area contributed by atoms with Crippen LogP contribution in [0.4, 0.5) is 0 Å². The summed E-state index contributed by atoms with van der Waals surface area (Å²) in [4.78, 5) is 19.6. The van der Waals surface area contributed by atoms with E-state index in [1.54, 1.807) is 18.8 Å². The van der Waals surface area contributed by atoms with E-state index in [1.165, 1.54) is 4.90 Å². The van der Waals surface area contributed by atoms with Crippen LogP contribution in [0.2, 0.25) is 5.02 Å². The minimum Gasteiger partial charge on any atom is -0.356 e. The number of nitrogens with zero attached hydrogens (tertiary/aromatic N) is 2. The number of rotatable bonds is 9. The van der Waals surface area contributed by atoms with E-state index in [0.717, 1.165) is 47.5 Å². The number of carbonyl (C=O) groups excluding carboxylic acids is 1. The van der Waals surface area contributed by atoms with Crippen molar-refractivity contribution in [1.82, 2.24) is 15.5 Å². The first-order valence-electron chi connectivity index (χ1n) is 9.78. The third-order valence-electron chi connectivity index (χ3n) is 4.41. The van der Waals surface area contributed by atoms with Crippen molar-refractivity contribution in [1.29, 1.82) is 0 Å². The van der Waals surface area contributed by atoms with Gasteiger partial charge in [0.1, 0.15) is 0 Å². The maximum Gasteiger partial charge on any atom is 0.253 e. The van der Waals surface area contributed by atoms with Crippen LogP contribution in [0.15, 0.2) is 58.4 Å². The Labute approximate surface area is 182 Å². The van der Waals surface area contributed by atoms with Gasteiger partial charge in [0.05, 0.1) is 0 Å².